The van der Waals surface area contributed by atoms with Crippen molar-refractivity contribution in [3.63, 3.8) is 0 Å². The summed E-state index contributed by atoms with van der Waals surface area (Å²) in [6, 6.07) is 5.43. The van der Waals surface area contributed by atoms with Gasteiger partial charge in [0.05, 0.1) is 5.69 Å². The SMILES string of the molecule is O=C(Cn1cc2c(n1)CCCC2)Nc1ccc2c(c1)OCCO2. The minimum atomic E-state index is -0.0958. The van der Waals surface area contributed by atoms with Crippen LogP contribution in [0.5, 0.6) is 11.5 Å². The quantitative estimate of drug-likeness (QED) is 0.943. The van der Waals surface area contributed by atoms with Crippen molar-refractivity contribution in [1.29, 1.82) is 0 Å². The summed E-state index contributed by atoms with van der Waals surface area (Å²) in [7, 11) is 0. The average molecular weight is 313 g/mol. The number of nitrogens with one attached hydrogen (secondary N) is 1. The lowest BCUT2D eigenvalue weighted by molar-refractivity contribution is -0.116. The highest BCUT2D eigenvalue weighted by Gasteiger charge is 2.16. The summed E-state index contributed by atoms with van der Waals surface area (Å²) in [4.78, 5) is 12.2. The molecule has 1 aromatic heterocycles. The Morgan fingerprint density at radius 2 is 2.00 bits per heavy atom. The maximum Gasteiger partial charge on any atom is 0.246 e. The first-order valence-corrected chi connectivity index (χ1v) is 8.03. The summed E-state index contributed by atoms with van der Waals surface area (Å²) < 4.78 is 12.7. The molecule has 1 aliphatic heterocycles. The van der Waals surface area contributed by atoms with Crippen molar-refractivity contribution in [2.75, 3.05) is 18.5 Å². The van der Waals surface area contributed by atoms with Crippen LogP contribution in [-0.2, 0) is 24.2 Å². The van der Waals surface area contributed by atoms with E-state index in [1.54, 1.807) is 10.7 Å². The Hall–Kier alpha value is -2.50. The number of aromatic nitrogens is 2. The summed E-state index contributed by atoms with van der Waals surface area (Å²) in [5.74, 6) is 1.29. The molecule has 120 valence electrons. The highest BCUT2D eigenvalue weighted by Crippen LogP contribution is 2.32. The van der Waals surface area contributed by atoms with Crippen LogP contribution in [0.1, 0.15) is 24.1 Å². The van der Waals surface area contributed by atoms with Crippen molar-refractivity contribution in [3.8, 4) is 11.5 Å². The molecule has 0 radical (unpaired) electrons. The average Bonchev–Trinajstić information content (AvgIpc) is 2.96. The molecule has 1 aromatic carbocycles. The van der Waals surface area contributed by atoms with Gasteiger partial charge in [0.15, 0.2) is 11.5 Å². The molecule has 1 amide bonds. The highest BCUT2D eigenvalue weighted by atomic mass is 16.6. The molecule has 6 nitrogen and oxygen atoms in total. The zero-order valence-electron chi connectivity index (χ0n) is 12.9. The lowest BCUT2D eigenvalue weighted by Gasteiger charge is -2.19. The van der Waals surface area contributed by atoms with Crippen LogP contribution in [0.3, 0.4) is 0 Å². The van der Waals surface area contributed by atoms with Gasteiger partial charge in [-0.05, 0) is 43.4 Å². The maximum absolute atomic E-state index is 12.2. The molecule has 0 saturated carbocycles. The van der Waals surface area contributed by atoms with Gasteiger partial charge in [0.25, 0.3) is 0 Å². The van der Waals surface area contributed by atoms with Crippen LogP contribution < -0.4 is 14.8 Å². The first-order valence-electron chi connectivity index (χ1n) is 8.03. The number of hydrogen-bond donors (Lipinski definition) is 1. The number of carbonyl (C=O) groups is 1. The summed E-state index contributed by atoms with van der Waals surface area (Å²) in [6.07, 6.45) is 6.48. The van der Waals surface area contributed by atoms with Crippen LogP contribution >= 0.6 is 0 Å². The minimum Gasteiger partial charge on any atom is -0.486 e. The van der Waals surface area contributed by atoms with E-state index in [0.717, 1.165) is 18.5 Å². The van der Waals surface area contributed by atoms with Gasteiger partial charge in [-0.2, -0.15) is 5.10 Å². The zero-order chi connectivity index (χ0) is 15.6. The number of rotatable bonds is 3. The predicted octanol–water partition coefficient (Wildman–Crippen LogP) is 2.17. The topological polar surface area (TPSA) is 65.4 Å². The van der Waals surface area contributed by atoms with Crippen LogP contribution in [0.2, 0.25) is 0 Å². The Morgan fingerprint density at radius 3 is 2.87 bits per heavy atom. The van der Waals surface area contributed by atoms with E-state index in [1.807, 2.05) is 18.3 Å². The molecular weight excluding hydrogens is 294 g/mol. The first kappa shape index (κ1) is 14.1. The van der Waals surface area contributed by atoms with E-state index in [0.29, 0.717) is 30.4 Å². The van der Waals surface area contributed by atoms with Crippen LogP contribution in [0.4, 0.5) is 5.69 Å². The molecule has 1 N–H and O–H groups in total. The van der Waals surface area contributed by atoms with Crippen molar-refractivity contribution in [2.24, 2.45) is 0 Å². The smallest absolute Gasteiger partial charge is 0.246 e. The Bertz CT molecular complexity index is 715. The molecule has 2 aromatic rings. The van der Waals surface area contributed by atoms with E-state index in [9.17, 15) is 4.79 Å². The van der Waals surface area contributed by atoms with Gasteiger partial charge < -0.3 is 14.8 Å². The third-order valence-corrected chi connectivity index (χ3v) is 4.17. The summed E-state index contributed by atoms with van der Waals surface area (Å²) in [5.41, 5.74) is 3.13. The molecule has 0 spiro atoms. The second-order valence-electron chi connectivity index (χ2n) is 5.91. The van der Waals surface area contributed by atoms with E-state index >= 15 is 0 Å². The van der Waals surface area contributed by atoms with E-state index in [4.69, 9.17) is 9.47 Å². The maximum atomic E-state index is 12.2. The Balaban J connectivity index is 1.42. The number of ether oxygens (including phenoxy) is 2. The number of amides is 1. The molecule has 0 bridgehead atoms. The molecule has 4 rings (SSSR count). The van der Waals surface area contributed by atoms with Gasteiger partial charge in [-0.3, -0.25) is 9.48 Å². The monoisotopic (exact) mass is 313 g/mol. The third kappa shape index (κ3) is 3.02. The van der Waals surface area contributed by atoms with E-state index in [2.05, 4.69) is 10.4 Å². The van der Waals surface area contributed by atoms with Crippen LogP contribution in [0.25, 0.3) is 0 Å². The summed E-state index contributed by atoms with van der Waals surface area (Å²) in [6.45, 7) is 1.31. The number of aryl methyl sites for hydroxylation is 2. The van der Waals surface area contributed by atoms with Crippen molar-refractivity contribution < 1.29 is 14.3 Å². The summed E-state index contributed by atoms with van der Waals surface area (Å²) in [5, 5.41) is 7.40. The second-order valence-corrected chi connectivity index (χ2v) is 5.91. The van der Waals surface area contributed by atoms with Gasteiger partial charge in [0.1, 0.15) is 19.8 Å². The van der Waals surface area contributed by atoms with E-state index in [1.165, 1.54) is 18.4 Å². The lowest BCUT2D eigenvalue weighted by Crippen LogP contribution is -2.20. The molecule has 0 saturated heterocycles. The predicted molar refractivity (Wildman–Crippen MR) is 84.9 cm³/mol. The zero-order valence-corrected chi connectivity index (χ0v) is 12.9. The van der Waals surface area contributed by atoms with E-state index < -0.39 is 0 Å². The number of nitrogens with zero attached hydrogens (tertiary/aromatic N) is 2. The van der Waals surface area contributed by atoms with Gasteiger partial charge in [0.2, 0.25) is 5.91 Å². The van der Waals surface area contributed by atoms with E-state index in [-0.39, 0.29) is 12.5 Å². The second kappa shape index (κ2) is 5.95. The highest BCUT2D eigenvalue weighted by molar-refractivity contribution is 5.90. The standard InChI is InChI=1S/C17H19N3O3/c21-17(11-20-10-12-3-1-2-4-14(12)19-20)18-13-5-6-15-16(9-13)23-8-7-22-15/h5-6,9-10H,1-4,7-8,11H2,(H,18,21). The number of carbonyl (C=O) groups excluding carboxylic acids is 1. The molecule has 6 heteroatoms. The molecule has 23 heavy (non-hydrogen) atoms. The Kier molecular flexibility index (Phi) is 3.65. The van der Waals surface area contributed by atoms with Gasteiger partial charge in [-0.1, -0.05) is 0 Å². The molecule has 0 unspecified atom stereocenters. The fourth-order valence-corrected chi connectivity index (χ4v) is 3.08. The number of anilines is 1. The fourth-order valence-electron chi connectivity index (χ4n) is 3.08. The minimum absolute atomic E-state index is 0.0958. The van der Waals surface area contributed by atoms with Crippen LogP contribution in [0.15, 0.2) is 24.4 Å². The lowest BCUT2D eigenvalue weighted by atomic mass is 9.99. The van der Waals surface area contributed by atoms with Crippen molar-refractivity contribution in [3.05, 3.63) is 35.7 Å². The first-order chi connectivity index (χ1) is 11.3. The molecule has 2 heterocycles. The third-order valence-electron chi connectivity index (χ3n) is 4.17. The number of fused-ring (bicyclic) bond motifs is 2. The van der Waals surface area contributed by atoms with Crippen LogP contribution in [-0.4, -0.2) is 28.9 Å². The molecule has 2 aliphatic rings. The molecule has 0 fully saturated rings. The van der Waals surface area contributed by atoms with Gasteiger partial charge in [0, 0.05) is 18.0 Å². The van der Waals surface area contributed by atoms with Gasteiger partial charge >= 0.3 is 0 Å². The van der Waals surface area contributed by atoms with Gasteiger partial charge in [-0.15, -0.1) is 0 Å². The summed E-state index contributed by atoms with van der Waals surface area (Å²) >= 11 is 0. The fraction of sp³-hybridized carbons (Fsp3) is 0.412. The van der Waals surface area contributed by atoms with Crippen molar-refractivity contribution >= 4 is 11.6 Å². The normalized spacial score (nSPS) is 15.8. The van der Waals surface area contributed by atoms with Crippen molar-refractivity contribution in [1.82, 2.24) is 9.78 Å². The van der Waals surface area contributed by atoms with Crippen LogP contribution in [0, 0.1) is 0 Å². The number of hydrogen-bond acceptors (Lipinski definition) is 4. The Morgan fingerprint density at radius 1 is 1.17 bits per heavy atom. The van der Waals surface area contributed by atoms with Gasteiger partial charge in [-0.25, -0.2) is 0 Å². The molecule has 0 atom stereocenters. The largest absolute Gasteiger partial charge is 0.486 e. The molecule has 1 aliphatic carbocycles. The van der Waals surface area contributed by atoms with Crippen molar-refractivity contribution in [2.45, 2.75) is 32.2 Å². The Labute approximate surface area is 134 Å². The molecular formula is C17H19N3O3. The number of benzene rings is 1.